The number of benzene rings is 1. The van der Waals surface area contributed by atoms with Crippen LogP contribution in [0.2, 0.25) is 0 Å². The molecule has 20 heavy (non-hydrogen) atoms. The Hall–Kier alpha value is -1.21. The molecule has 0 spiro atoms. The van der Waals surface area contributed by atoms with Crippen LogP contribution in [0.4, 0.5) is 10.5 Å². The molecular formula is C13H18N2O3S2. The number of nitrogens with one attached hydrogen (secondary N) is 2. The van der Waals surface area contributed by atoms with E-state index in [1.165, 1.54) is 0 Å². The smallest absolute Gasteiger partial charge is 0.319 e. The lowest BCUT2D eigenvalue weighted by molar-refractivity contribution is 0.250. The van der Waals surface area contributed by atoms with Gasteiger partial charge >= 0.3 is 6.03 Å². The van der Waals surface area contributed by atoms with Crippen LogP contribution in [-0.4, -0.2) is 38.8 Å². The Morgan fingerprint density at radius 2 is 2.05 bits per heavy atom. The van der Waals surface area contributed by atoms with Gasteiger partial charge in [0.1, 0.15) is 0 Å². The monoisotopic (exact) mass is 314 g/mol. The highest BCUT2D eigenvalue weighted by Gasteiger charge is 2.27. The minimum atomic E-state index is -2.88. The van der Waals surface area contributed by atoms with Crippen molar-refractivity contribution < 1.29 is 13.2 Å². The molecule has 0 aromatic heterocycles. The van der Waals surface area contributed by atoms with E-state index >= 15 is 0 Å². The van der Waals surface area contributed by atoms with Gasteiger partial charge in [-0.2, -0.15) is 0 Å². The van der Waals surface area contributed by atoms with Crippen molar-refractivity contribution in [2.45, 2.75) is 11.3 Å². The first-order valence-electron chi connectivity index (χ1n) is 6.38. The molecule has 2 N–H and O–H groups in total. The van der Waals surface area contributed by atoms with Gasteiger partial charge < -0.3 is 10.6 Å². The lowest BCUT2D eigenvalue weighted by Gasteiger charge is -2.11. The number of carbonyl (C=O) groups excluding carboxylic acids is 1. The number of sulfone groups is 1. The van der Waals surface area contributed by atoms with Crippen molar-refractivity contribution >= 4 is 33.3 Å². The maximum Gasteiger partial charge on any atom is 0.319 e. The Bertz CT molecular complexity index is 570. The van der Waals surface area contributed by atoms with Gasteiger partial charge in [0.2, 0.25) is 0 Å². The highest BCUT2D eigenvalue weighted by Crippen LogP contribution is 2.18. The SMILES string of the molecule is CSc1ccc(NC(=O)NCC2CCS(=O)(=O)C2)cc1. The van der Waals surface area contributed by atoms with E-state index in [4.69, 9.17) is 0 Å². The zero-order chi connectivity index (χ0) is 14.6. The Labute approximate surface area is 123 Å². The van der Waals surface area contributed by atoms with Gasteiger partial charge in [0.15, 0.2) is 9.84 Å². The number of rotatable bonds is 4. The van der Waals surface area contributed by atoms with Crippen molar-refractivity contribution in [3.63, 3.8) is 0 Å². The summed E-state index contributed by atoms with van der Waals surface area (Å²) in [6.45, 7) is 0.397. The van der Waals surface area contributed by atoms with E-state index < -0.39 is 9.84 Å². The molecule has 2 amide bonds. The summed E-state index contributed by atoms with van der Waals surface area (Å²) in [5, 5.41) is 5.45. The Kier molecular flexibility index (Phi) is 4.93. The van der Waals surface area contributed by atoms with Gasteiger partial charge in [-0.3, -0.25) is 0 Å². The van der Waals surface area contributed by atoms with E-state index in [9.17, 15) is 13.2 Å². The fourth-order valence-electron chi connectivity index (χ4n) is 2.12. The third-order valence-electron chi connectivity index (χ3n) is 3.23. The molecule has 1 fully saturated rings. The summed E-state index contributed by atoms with van der Waals surface area (Å²) in [5.74, 6) is 0.442. The molecule has 2 rings (SSSR count). The molecule has 110 valence electrons. The van der Waals surface area contributed by atoms with Crippen molar-refractivity contribution in [1.29, 1.82) is 0 Å². The number of anilines is 1. The average Bonchev–Trinajstić information content (AvgIpc) is 2.77. The summed E-state index contributed by atoms with van der Waals surface area (Å²) in [7, 11) is -2.88. The molecule has 1 atom stereocenters. The maximum absolute atomic E-state index is 11.7. The summed E-state index contributed by atoms with van der Waals surface area (Å²) in [6.07, 6.45) is 2.62. The highest BCUT2D eigenvalue weighted by atomic mass is 32.2. The van der Waals surface area contributed by atoms with Crippen LogP contribution in [-0.2, 0) is 9.84 Å². The Morgan fingerprint density at radius 3 is 2.60 bits per heavy atom. The van der Waals surface area contributed by atoms with Crippen molar-refractivity contribution in [3.05, 3.63) is 24.3 Å². The van der Waals surface area contributed by atoms with Gasteiger partial charge in [-0.1, -0.05) is 0 Å². The molecule has 0 saturated carbocycles. The molecule has 1 aromatic carbocycles. The average molecular weight is 314 g/mol. The van der Waals surface area contributed by atoms with E-state index in [0.29, 0.717) is 13.0 Å². The topological polar surface area (TPSA) is 75.3 Å². The Morgan fingerprint density at radius 1 is 1.35 bits per heavy atom. The van der Waals surface area contributed by atoms with E-state index in [-0.39, 0.29) is 23.5 Å². The zero-order valence-electron chi connectivity index (χ0n) is 11.3. The molecule has 1 heterocycles. The molecule has 0 bridgehead atoms. The summed E-state index contributed by atoms with van der Waals surface area (Å²) >= 11 is 1.64. The second-order valence-electron chi connectivity index (χ2n) is 4.83. The first-order chi connectivity index (χ1) is 9.48. The van der Waals surface area contributed by atoms with Gasteiger partial charge in [0, 0.05) is 17.1 Å². The number of amides is 2. The van der Waals surface area contributed by atoms with Gasteiger partial charge in [0.05, 0.1) is 11.5 Å². The Balaban J connectivity index is 1.78. The summed E-state index contributed by atoms with van der Waals surface area (Å²) in [6, 6.07) is 7.25. The minimum Gasteiger partial charge on any atom is -0.338 e. The van der Waals surface area contributed by atoms with Crippen LogP contribution in [0.5, 0.6) is 0 Å². The van der Waals surface area contributed by atoms with Gasteiger partial charge in [-0.25, -0.2) is 13.2 Å². The highest BCUT2D eigenvalue weighted by molar-refractivity contribution is 7.98. The van der Waals surface area contributed by atoms with E-state index in [0.717, 1.165) is 10.6 Å². The predicted molar refractivity (Wildman–Crippen MR) is 82.0 cm³/mol. The third kappa shape index (κ3) is 4.42. The zero-order valence-corrected chi connectivity index (χ0v) is 12.9. The van der Waals surface area contributed by atoms with Crippen LogP contribution in [0.1, 0.15) is 6.42 Å². The number of hydrogen-bond acceptors (Lipinski definition) is 4. The second kappa shape index (κ2) is 6.49. The molecule has 1 saturated heterocycles. The van der Waals surface area contributed by atoms with Crippen molar-refractivity contribution in [2.24, 2.45) is 5.92 Å². The molecule has 7 heteroatoms. The lowest BCUT2D eigenvalue weighted by Crippen LogP contribution is -2.33. The maximum atomic E-state index is 11.7. The molecule has 5 nitrogen and oxygen atoms in total. The number of thioether (sulfide) groups is 1. The molecule has 1 unspecified atom stereocenters. The minimum absolute atomic E-state index is 0.0321. The van der Waals surface area contributed by atoms with Crippen LogP contribution >= 0.6 is 11.8 Å². The van der Waals surface area contributed by atoms with Gasteiger partial charge in [-0.15, -0.1) is 11.8 Å². The number of hydrogen-bond donors (Lipinski definition) is 2. The van der Waals surface area contributed by atoms with E-state index in [2.05, 4.69) is 10.6 Å². The fourth-order valence-corrected chi connectivity index (χ4v) is 4.39. The molecule has 1 aliphatic heterocycles. The van der Waals surface area contributed by atoms with Crippen molar-refractivity contribution in [3.8, 4) is 0 Å². The second-order valence-corrected chi connectivity index (χ2v) is 7.94. The third-order valence-corrected chi connectivity index (χ3v) is 5.81. The molecule has 1 aromatic rings. The van der Waals surface area contributed by atoms with Crippen molar-refractivity contribution in [1.82, 2.24) is 5.32 Å². The van der Waals surface area contributed by atoms with Crippen LogP contribution in [0, 0.1) is 5.92 Å². The largest absolute Gasteiger partial charge is 0.338 e. The van der Waals surface area contributed by atoms with Gasteiger partial charge in [-0.05, 0) is 42.9 Å². The standard InChI is InChI=1S/C13H18N2O3S2/c1-19-12-4-2-11(3-5-12)15-13(16)14-8-10-6-7-20(17,18)9-10/h2-5,10H,6-9H2,1H3,(H2,14,15,16). The molecule has 1 aliphatic rings. The summed E-state index contributed by atoms with van der Waals surface area (Å²) in [5.41, 5.74) is 0.722. The predicted octanol–water partition coefficient (Wildman–Crippen LogP) is 1.96. The fraction of sp³-hybridized carbons (Fsp3) is 0.462. The quantitative estimate of drug-likeness (QED) is 0.833. The summed E-state index contributed by atoms with van der Waals surface area (Å²) < 4.78 is 22.6. The lowest BCUT2D eigenvalue weighted by atomic mass is 10.1. The number of urea groups is 1. The van der Waals surface area contributed by atoms with E-state index in [1.807, 2.05) is 30.5 Å². The van der Waals surface area contributed by atoms with Crippen molar-refractivity contribution in [2.75, 3.05) is 29.6 Å². The number of carbonyl (C=O) groups is 1. The summed E-state index contributed by atoms with van der Waals surface area (Å²) in [4.78, 5) is 12.8. The van der Waals surface area contributed by atoms with Crippen LogP contribution in [0.3, 0.4) is 0 Å². The van der Waals surface area contributed by atoms with Gasteiger partial charge in [0.25, 0.3) is 0 Å². The molecule has 0 aliphatic carbocycles. The first-order valence-corrected chi connectivity index (χ1v) is 9.42. The molecular weight excluding hydrogens is 296 g/mol. The molecule has 0 radical (unpaired) electrons. The first kappa shape index (κ1) is 15.2. The van der Waals surface area contributed by atoms with E-state index in [1.54, 1.807) is 11.8 Å². The van der Waals surface area contributed by atoms with Crippen LogP contribution < -0.4 is 10.6 Å². The van der Waals surface area contributed by atoms with Crippen LogP contribution in [0.15, 0.2) is 29.2 Å². The van der Waals surface area contributed by atoms with Crippen LogP contribution in [0.25, 0.3) is 0 Å². The normalized spacial score (nSPS) is 20.6.